The van der Waals surface area contributed by atoms with Crippen LogP contribution >= 0.6 is 22.6 Å². The Hall–Kier alpha value is -2.88. The van der Waals surface area contributed by atoms with Crippen LogP contribution in [0.15, 0.2) is 59.8 Å². The van der Waals surface area contributed by atoms with E-state index in [-0.39, 0.29) is 25.0 Å². The summed E-state index contributed by atoms with van der Waals surface area (Å²) in [6.07, 6.45) is 3.40. The fourth-order valence-electron chi connectivity index (χ4n) is 2.82. The molecule has 0 aliphatic rings. The first-order valence-corrected chi connectivity index (χ1v) is 10.2. The van der Waals surface area contributed by atoms with Gasteiger partial charge < -0.3 is 14.6 Å². The van der Waals surface area contributed by atoms with Gasteiger partial charge in [0.05, 0.1) is 19.4 Å². The van der Waals surface area contributed by atoms with Gasteiger partial charge in [-0.25, -0.2) is 5.43 Å². The van der Waals surface area contributed by atoms with E-state index in [0.717, 1.165) is 25.7 Å². The third-order valence-corrected chi connectivity index (χ3v) is 4.83. The number of hydrogen-bond donors (Lipinski definition) is 2. The first-order chi connectivity index (χ1) is 14.1. The highest BCUT2D eigenvalue weighted by Crippen LogP contribution is 2.20. The van der Waals surface area contributed by atoms with Gasteiger partial charge in [-0.1, -0.05) is 18.2 Å². The summed E-state index contributed by atoms with van der Waals surface area (Å²) < 4.78 is 7.97. The summed E-state index contributed by atoms with van der Waals surface area (Å²) in [5.41, 5.74) is 5.08. The minimum atomic E-state index is -0.299. The molecule has 150 valence electrons. The molecule has 0 unspecified atom stereocenters. The van der Waals surface area contributed by atoms with Crippen molar-refractivity contribution in [2.75, 3.05) is 18.5 Å². The molecule has 29 heavy (non-hydrogen) atoms. The van der Waals surface area contributed by atoms with Crippen LogP contribution in [0.3, 0.4) is 0 Å². The number of aromatic nitrogens is 1. The number of nitrogens with zero attached hydrogens (tertiary/aromatic N) is 2. The van der Waals surface area contributed by atoms with Crippen molar-refractivity contribution in [3.63, 3.8) is 0 Å². The van der Waals surface area contributed by atoms with Crippen molar-refractivity contribution in [3.8, 4) is 0 Å². The normalized spacial score (nSPS) is 11.0. The summed E-state index contributed by atoms with van der Waals surface area (Å²) in [7, 11) is 0. The van der Waals surface area contributed by atoms with Gasteiger partial charge in [0.1, 0.15) is 6.54 Å². The molecule has 0 spiro atoms. The van der Waals surface area contributed by atoms with Gasteiger partial charge in [-0.2, -0.15) is 5.10 Å². The van der Waals surface area contributed by atoms with Crippen LogP contribution in [-0.2, 0) is 20.9 Å². The number of fused-ring (bicyclic) bond motifs is 1. The molecule has 1 aromatic heterocycles. The SMILES string of the molecule is CCOC(=O)Cn1cc(/C=N\NC(=O)CNc2ccc(I)cc2)c2ccccc21. The zero-order chi connectivity index (χ0) is 20.6. The maximum Gasteiger partial charge on any atom is 0.325 e. The van der Waals surface area contributed by atoms with Crippen molar-refractivity contribution < 1.29 is 14.3 Å². The lowest BCUT2D eigenvalue weighted by atomic mass is 10.2. The number of nitrogens with one attached hydrogen (secondary N) is 2. The number of benzene rings is 2. The average molecular weight is 504 g/mol. The monoisotopic (exact) mass is 504 g/mol. The molecule has 2 N–H and O–H groups in total. The lowest BCUT2D eigenvalue weighted by Crippen LogP contribution is -2.25. The molecule has 1 amide bonds. The summed E-state index contributed by atoms with van der Waals surface area (Å²) >= 11 is 2.23. The van der Waals surface area contributed by atoms with Crippen molar-refractivity contribution in [3.05, 3.63) is 63.9 Å². The minimum absolute atomic E-state index is 0.114. The van der Waals surface area contributed by atoms with Crippen LogP contribution in [0.4, 0.5) is 5.69 Å². The number of amides is 1. The molecule has 0 radical (unpaired) electrons. The zero-order valence-electron chi connectivity index (χ0n) is 15.9. The number of anilines is 1. The van der Waals surface area contributed by atoms with E-state index in [1.54, 1.807) is 13.1 Å². The van der Waals surface area contributed by atoms with Crippen LogP contribution in [0.5, 0.6) is 0 Å². The quantitative estimate of drug-likeness (QED) is 0.213. The molecule has 3 aromatic rings. The van der Waals surface area contributed by atoms with Crippen LogP contribution in [0.25, 0.3) is 10.9 Å². The second kappa shape index (κ2) is 10.1. The number of hydrogen-bond acceptors (Lipinski definition) is 5. The van der Waals surface area contributed by atoms with Crippen molar-refractivity contribution >= 4 is 57.3 Å². The summed E-state index contributed by atoms with van der Waals surface area (Å²) in [5.74, 6) is -0.554. The molecule has 7 nitrogen and oxygen atoms in total. The highest BCUT2D eigenvalue weighted by Gasteiger charge is 2.10. The predicted octanol–water partition coefficient (Wildman–Crippen LogP) is 3.37. The first-order valence-electron chi connectivity index (χ1n) is 9.11. The van der Waals surface area contributed by atoms with Crippen LogP contribution in [0, 0.1) is 3.57 Å². The number of halogens is 1. The van der Waals surface area contributed by atoms with E-state index in [1.165, 1.54) is 0 Å². The molecule has 0 aliphatic carbocycles. The molecule has 0 atom stereocenters. The standard InChI is InChI=1S/C21H21IN4O3/c1-2-29-21(28)14-26-13-15(18-5-3-4-6-19(18)26)11-24-25-20(27)12-23-17-9-7-16(22)8-10-17/h3-11,13,23H,2,12,14H2,1H3,(H,25,27)/b24-11-. The Labute approximate surface area is 182 Å². The van der Waals surface area contributed by atoms with Gasteiger partial charge in [-0.3, -0.25) is 9.59 Å². The number of carbonyl (C=O) groups is 2. The lowest BCUT2D eigenvalue weighted by molar-refractivity contribution is -0.143. The minimum Gasteiger partial charge on any atom is -0.465 e. The molecule has 0 aliphatic heterocycles. The van der Waals surface area contributed by atoms with Crippen molar-refractivity contribution in [1.29, 1.82) is 0 Å². The molecule has 2 aromatic carbocycles. The molecule has 1 heterocycles. The Morgan fingerprint density at radius 3 is 2.69 bits per heavy atom. The number of ether oxygens (including phenoxy) is 1. The van der Waals surface area contributed by atoms with Gasteiger partial charge in [-0.15, -0.1) is 0 Å². The van der Waals surface area contributed by atoms with Crippen LogP contribution in [0.1, 0.15) is 12.5 Å². The molecule has 8 heteroatoms. The fraction of sp³-hybridized carbons (Fsp3) is 0.190. The van der Waals surface area contributed by atoms with Crippen LogP contribution in [0.2, 0.25) is 0 Å². The van der Waals surface area contributed by atoms with Gasteiger partial charge in [0.2, 0.25) is 0 Å². The van der Waals surface area contributed by atoms with Crippen molar-refractivity contribution in [2.24, 2.45) is 5.10 Å². The third-order valence-electron chi connectivity index (χ3n) is 4.11. The Kier molecular flexibility index (Phi) is 7.23. The van der Waals surface area contributed by atoms with Gasteiger partial charge in [0.25, 0.3) is 5.91 Å². The Bertz CT molecular complexity index is 1030. The first kappa shape index (κ1) is 20.8. The van der Waals surface area contributed by atoms with Gasteiger partial charge in [0, 0.05) is 31.9 Å². The largest absolute Gasteiger partial charge is 0.465 e. The highest BCUT2D eigenvalue weighted by molar-refractivity contribution is 14.1. The molecular weight excluding hydrogens is 483 g/mol. The van der Waals surface area contributed by atoms with Gasteiger partial charge in [0.15, 0.2) is 0 Å². The van der Waals surface area contributed by atoms with Crippen LogP contribution in [-0.4, -0.2) is 35.8 Å². The Morgan fingerprint density at radius 1 is 1.17 bits per heavy atom. The van der Waals surface area contributed by atoms with E-state index in [0.29, 0.717) is 6.61 Å². The van der Waals surface area contributed by atoms with Crippen molar-refractivity contribution in [1.82, 2.24) is 9.99 Å². The second-order valence-corrected chi connectivity index (χ2v) is 7.43. The van der Waals surface area contributed by atoms with E-state index < -0.39 is 0 Å². The number of carbonyl (C=O) groups excluding carboxylic acids is 2. The molecule has 0 bridgehead atoms. The van der Waals surface area contributed by atoms with E-state index in [9.17, 15) is 9.59 Å². The highest BCUT2D eigenvalue weighted by atomic mass is 127. The maximum atomic E-state index is 12.0. The Balaban J connectivity index is 1.63. The van der Waals surface area contributed by atoms with E-state index in [4.69, 9.17) is 4.74 Å². The fourth-order valence-corrected chi connectivity index (χ4v) is 3.18. The summed E-state index contributed by atoms with van der Waals surface area (Å²) in [5, 5.41) is 8.03. The predicted molar refractivity (Wildman–Crippen MR) is 122 cm³/mol. The van der Waals surface area contributed by atoms with Crippen molar-refractivity contribution in [2.45, 2.75) is 13.5 Å². The summed E-state index contributed by atoms with van der Waals surface area (Å²) in [6.45, 7) is 2.35. The second-order valence-electron chi connectivity index (χ2n) is 6.19. The number of hydrazone groups is 1. The number of esters is 1. The van der Waals surface area contributed by atoms with E-state index in [2.05, 4.69) is 38.4 Å². The topological polar surface area (TPSA) is 84.7 Å². The number of para-hydroxylation sites is 1. The van der Waals surface area contributed by atoms with E-state index >= 15 is 0 Å². The maximum absolute atomic E-state index is 12.0. The zero-order valence-corrected chi connectivity index (χ0v) is 18.0. The smallest absolute Gasteiger partial charge is 0.325 e. The van der Waals surface area contributed by atoms with Gasteiger partial charge >= 0.3 is 5.97 Å². The summed E-state index contributed by atoms with van der Waals surface area (Å²) in [4.78, 5) is 23.8. The lowest BCUT2D eigenvalue weighted by Gasteiger charge is -2.05. The Morgan fingerprint density at radius 2 is 1.93 bits per heavy atom. The summed E-state index contributed by atoms with van der Waals surface area (Å²) in [6, 6.07) is 15.4. The van der Waals surface area contributed by atoms with Crippen LogP contribution < -0.4 is 10.7 Å². The third kappa shape index (κ3) is 5.80. The molecule has 3 rings (SSSR count). The molecule has 0 fully saturated rings. The van der Waals surface area contributed by atoms with Gasteiger partial charge in [-0.05, 0) is 59.8 Å². The average Bonchev–Trinajstić information content (AvgIpc) is 3.05. The number of rotatable bonds is 8. The molecule has 0 saturated heterocycles. The molecular formula is C21H21IN4O3. The molecule has 0 saturated carbocycles. The van der Waals surface area contributed by atoms with E-state index in [1.807, 2.05) is 59.3 Å².